The molecular formula is C48H54N6O10. The zero-order valence-electron chi connectivity index (χ0n) is 37.6. The van der Waals surface area contributed by atoms with Gasteiger partial charge in [0.15, 0.2) is 12.3 Å². The highest BCUT2D eigenvalue weighted by Crippen LogP contribution is 2.45. The molecule has 336 valence electrons. The first-order chi connectivity index (χ1) is 30.5. The second-order valence-corrected chi connectivity index (χ2v) is 17.0. The van der Waals surface area contributed by atoms with Gasteiger partial charge in [0.05, 0.1) is 24.1 Å². The number of fused-ring (bicyclic) bond motifs is 8. The fraction of sp³-hybridized carbons (Fsp3) is 0.438. The van der Waals surface area contributed by atoms with Crippen molar-refractivity contribution in [1.29, 1.82) is 0 Å². The minimum absolute atomic E-state index is 0.0515. The van der Waals surface area contributed by atoms with Crippen LogP contribution in [-0.2, 0) is 50.9 Å². The molecule has 7 heterocycles. The molecule has 3 N–H and O–H groups in total. The predicted molar refractivity (Wildman–Crippen MR) is 239 cm³/mol. The van der Waals surface area contributed by atoms with E-state index in [2.05, 4.69) is 55.3 Å². The van der Waals surface area contributed by atoms with Crippen molar-refractivity contribution in [2.24, 2.45) is 0 Å². The van der Waals surface area contributed by atoms with Crippen LogP contribution in [0, 0.1) is 13.8 Å². The van der Waals surface area contributed by atoms with Gasteiger partial charge in [-0.15, -0.1) is 0 Å². The van der Waals surface area contributed by atoms with E-state index >= 15 is 0 Å². The minimum Gasteiger partial charge on any atom is -0.469 e. The SMILES string of the molecule is C=C(c1cn([C@@H]2O[C@H](COC(C)=O)C(OC(C)=O)[C@H]2OC)c(=O)[nH]c1=O)c1c(C)c2cc3nc(c4c5[nH]c(cc6nc(cc1[nH]2)C(C)=C6CC)c(C)c5CC4)[C@@H](CCC(=O)OC)[C@@H]3C. The Hall–Kier alpha value is -6.39. The molecule has 1 unspecified atom stereocenters. The van der Waals surface area contributed by atoms with E-state index in [-0.39, 0.29) is 36.4 Å². The van der Waals surface area contributed by atoms with Crippen LogP contribution in [0.2, 0.25) is 0 Å². The number of allylic oxidation sites excluding steroid dienone is 2. The fourth-order valence-electron chi connectivity index (χ4n) is 9.89. The van der Waals surface area contributed by atoms with Crippen LogP contribution in [0.5, 0.6) is 0 Å². The molecule has 64 heavy (non-hydrogen) atoms. The lowest BCUT2D eigenvalue weighted by molar-refractivity contribution is -0.158. The molecule has 1 aliphatic carbocycles. The second kappa shape index (κ2) is 17.3. The first kappa shape index (κ1) is 44.2. The Morgan fingerprint density at radius 3 is 2.31 bits per heavy atom. The lowest BCUT2D eigenvalue weighted by atomic mass is 9.85. The largest absolute Gasteiger partial charge is 0.469 e. The Bertz CT molecular complexity index is 2950. The molecule has 16 heteroatoms. The zero-order valence-corrected chi connectivity index (χ0v) is 37.6. The molecule has 4 aliphatic rings. The molecule has 8 rings (SSSR count). The molecule has 8 bridgehead atoms. The molecule has 0 saturated carbocycles. The number of H-pyrrole nitrogens is 3. The number of ether oxygens (including phenoxy) is 5. The number of nitrogens with one attached hydrogen (secondary N) is 3. The summed E-state index contributed by atoms with van der Waals surface area (Å²) in [7, 11) is 2.78. The van der Waals surface area contributed by atoms with Crippen molar-refractivity contribution in [3.05, 3.63) is 108 Å². The number of carbonyl (C=O) groups is 3. The van der Waals surface area contributed by atoms with Gasteiger partial charge >= 0.3 is 23.6 Å². The third kappa shape index (κ3) is 7.72. The molecule has 0 aromatic carbocycles. The van der Waals surface area contributed by atoms with Gasteiger partial charge < -0.3 is 33.7 Å². The number of hydrogen-bond donors (Lipinski definition) is 3. The number of rotatable bonds is 11. The summed E-state index contributed by atoms with van der Waals surface area (Å²) in [5.74, 6) is -1.59. The average molecular weight is 875 g/mol. The number of nitrogens with zero attached hydrogens (tertiary/aromatic N) is 3. The highest BCUT2D eigenvalue weighted by atomic mass is 16.6. The quantitative estimate of drug-likeness (QED) is 0.109. The summed E-state index contributed by atoms with van der Waals surface area (Å²) in [6, 6.07) is 6.11. The van der Waals surface area contributed by atoms with Gasteiger partial charge in [-0.25, -0.2) is 9.78 Å². The molecular weight excluding hydrogens is 821 g/mol. The van der Waals surface area contributed by atoms with Crippen LogP contribution in [0.25, 0.3) is 38.8 Å². The van der Waals surface area contributed by atoms with Gasteiger partial charge in [0, 0.05) is 84.4 Å². The van der Waals surface area contributed by atoms with E-state index in [0.29, 0.717) is 23.1 Å². The van der Waals surface area contributed by atoms with Crippen molar-refractivity contribution in [2.75, 3.05) is 20.8 Å². The molecule has 0 radical (unpaired) electrons. The summed E-state index contributed by atoms with van der Waals surface area (Å²) in [5, 5.41) is 0. The lowest BCUT2D eigenvalue weighted by Crippen LogP contribution is -2.41. The van der Waals surface area contributed by atoms with Crippen LogP contribution in [0.15, 0.2) is 40.6 Å². The third-order valence-corrected chi connectivity index (χ3v) is 13.3. The van der Waals surface area contributed by atoms with E-state index in [9.17, 15) is 24.0 Å². The van der Waals surface area contributed by atoms with Crippen LogP contribution in [0.4, 0.5) is 0 Å². The minimum atomic E-state index is -1.21. The maximum Gasteiger partial charge on any atom is 0.330 e. The smallest absolute Gasteiger partial charge is 0.330 e. The van der Waals surface area contributed by atoms with Crippen LogP contribution in [0.1, 0.15) is 128 Å². The van der Waals surface area contributed by atoms with Gasteiger partial charge in [-0.2, -0.15) is 0 Å². The Morgan fingerprint density at radius 1 is 0.906 bits per heavy atom. The van der Waals surface area contributed by atoms with Gasteiger partial charge in [0.2, 0.25) is 0 Å². The first-order valence-corrected chi connectivity index (χ1v) is 21.6. The molecule has 16 nitrogen and oxygen atoms in total. The average Bonchev–Trinajstić information content (AvgIpc) is 4.08. The summed E-state index contributed by atoms with van der Waals surface area (Å²) in [6.45, 7) is 17.0. The number of aromatic amines is 3. The molecule has 1 fully saturated rings. The van der Waals surface area contributed by atoms with Crippen LogP contribution in [-0.4, -0.2) is 86.5 Å². The Balaban J connectivity index is 1.34. The van der Waals surface area contributed by atoms with Crippen LogP contribution < -0.4 is 11.2 Å². The highest BCUT2D eigenvalue weighted by Gasteiger charge is 2.49. The molecule has 6 atom stereocenters. The second-order valence-electron chi connectivity index (χ2n) is 17.0. The molecule has 4 aromatic rings. The normalized spacial score (nSPS) is 21.3. The van der Waals surface area contributed by atoms with E-state index in [0.717, 1.165) is 80.9 Å². The first-order valence-electron chi connectivity index (χ1n) is 21.6. The van der Waals surface area contributed by atoms with Gasteiger partial charge in [-0.05, 0) is 104 Å². The zero-order chi connectivity index (χ0) is 45.9. The number of esters is 3. The van der Waals surface area contributed by atoms with E-state index in [1.54, 1.807) is 0 Å². The van der Waals surface area contributed by atoms with Gasteiger partial charge in [-0.1, -0.05) is 20.4 Å². The maximum atomic E-state index is 13.9. The van der Waals surface area contributed by atoms with Crippen molar-refractivity contribution >= 4 is 56.7 Å². The molecule has 0 spiro atoms. The number of hydrogen-bond acceptors (Lipinski definition) is 12. The summed E-state index contributed by atoms with van der Waals surface area (Å²) in [6.07, 6.45) is 0.331. The van der Waals surface area contributed by atoms with Gasteiger partial charge in [0.25, 0.3) is 5.56 Å². The Kier molecular flexibility index (Phi) is 12.0. The molecule has 3 aliphatic heterocycles. The summed E-state index contributed by atoms with van der Waals surface area (Å²) >= 11 is 0. The van der Waals surface area contributed by atoms with E-state index < -0.39 is 47.7 Å². The lowest BCUT2D eigenvalue weighted by Gasteiger charge is -2.23. The van der Waals surface area contributed by atoms with Gasteiger partial charge in [0.1, 0.15) is 18.8 Å². The number of aryl methyl sites for hydroxylation is 4. The van der Waals surface area contributed by atoms with Gasteiger partial charge in [-0.3, -0.25) is 33.7 Å². The van der Waals surface area contributed by atoms with Crippen molar-refractivity contribution in [1.82, 2.24) is 29.5 Å². The molecule has 0 amide bonds. The summed E-state index contributed by atoms with van der Waals surface area (Å²) in [5.41, 5.74) is 12.8. The molecule has 4 aromatic heterocycles. The Labute approximate surface area is 369 Å². The van der Waals surface area contributed by atoms with E-state index in [4.69, 9.17) is 33.7 Å². The van der Waals surface area contributed by atoms with Crippen LogP contribution >= 0.6 is 0 Å². The van der Waals surface area contributed by atoms with Crippen molar-refractivity contribution < 1.29 is 38.1 Å². The summed E-state index contributed by atoms with van der Waals surface area (Å²) in [4.78, 5) is 84.3. The number of methoxy groups -OCH3 is 2. The standard InChI is InChI=1S/C48H54N6O10/c1-11-28-21(2)33-18-38-41(24(5)32-19-54(48(59)53-46(32)58)47-45(61-10)44(63-27(8)56)39(64-47)20-62-26(7)55)25(6)36(50-38)16-34-23(4)30(14-15-40(57)60-9)43(51-34)31-13-12-29-22(3)35(52-42(29)31)17-37(28)49-33/h16-19,23,30,39,44-45,47,50,52H,5,11-15,20H2,1-4,6-10H3,(H,53,58,59)/t23-,30-,39+,44?,45+,47+/m0/s1. The van der Waals surface area contributed by atoms with E-state index in [1.165, 1.54) is 50.0 Å². The fourth-order valence-corrected chi connectivity index (χ4v) is 9.89. The summed E-state index contributed by atoms with van der Waals surface area (Å²) < 4.78 is 28.9. The highest BCUT2D eigenvalue weighted by molar-refractivity contribution is 5.96. The van der Waals surface area contributed by atoms with Crippen molar-refractivity contribution in [3.8, 4) is 0 Å². The van der Waals surface area contributed by atoms with Crippen molar-refractivity contribution in [2.45, 2.75) is 117 Å². The maximum absolute atomic E-state index is 13.9. The Morgan fingerprint density at radius 2 is 1.62 bits per heavy atom. The topological polar surface area (TPSA) is 210 Å². The van der Waals surface area contributed by atoms with E-state index in [1.807, 2.05) is 19.1 Å². The predicted octanol–water partition coefficient (Wildman–Crippen LogP) is 6.53. The third-order valence-electron chi connectivity index (χ3n) is 13.3. The number of carbonyl (C=O) groups excluding carboxylic acids is 3. The van der Waals surface area contributed by atoms with Crippen LogP contribution in [0.3, 0.4) is 0 Å². The monoisotopic (exact) mass is 874 g/mol. The van der Waals surface area contributed by atoms with Crippen molar-refractivity contribution in [3.63, 3.8) is 0 Å². The number of aromatic nitrogens is 6. The molecule has 1 saturated heterocycles.